The van der Waals surface area contributed by atoms with E-state index in [2.05, 4.69) is 17.3 Å². The molecule has 1 N–H and O–H groups in total. The molecule has 2 saturated carbocycles. The summed E-state index contributed by atoms with van der Waals surface area (Å²) in [6.45, 7) is 0. The minimum absolute atomic E-state index is 0.0802. The largest absolute Gasteiger partial charge is 0.507 e. The summed E-state index contributed by atoms with van der Waals surface area (Å²) >= 11 is 0. The lowest BCUT2D eigenvalue weighted by Gasteiger charge is -2.18. The van der Waals surface area contributed by atoms with Gasteiger partial charge in [0.1, 0.15) is 5.75 Å². The maximum Gasteiger partial charge on any atom is 0.270 e. The number of imide groups is 1. The fourth-order valence-corrected chi connectivity index (χ4v) is 5.06. The number of rotatable bonds is 3. The first kappa shape index (κ1) is 15.2. The Morgan fingerprint density at radius 1 is 1.19 bits per heavy atom. The van der Waals surface area contributed by atoms with Crippen LogP contribution in [-0.2, 0) is 9.59 Å². The van der Waals surface area contributed by atoms with Gasteiger partial charge in [-0.05, 0) is 36.2 Å². The molecule has 1 spiro atoms. The normalized spacial score (nSPS) is 32.8. The van der Waals surface area contributed by atoms with Crippen LogP contribution in [0.3, 0.4) is 0 Å². The molecule has 2 bridgehead atoms. The molecule has 3 aliphatic carbocycles. The highest BCUT2D eigenvalue weighted by Crippen LogP contribution is 2.73. The van der Waals surface area contributed by atoms with Gasteiger partial charge >= 0.3 is 0 Å². The average molecular weight is 353 g/mol. The molecule has 5 rings (SSSR count). The van der Waals surface area contributed by atoms with E-state index in [9.17, 15) is 24.8 Å². The fraction of sp³-hybridized carbons (Fsp3) is 0.389. The van der Waals surface area contributed by atoms with Crippen molar-refractivity contribution < 1.29 is 19.6 Å². The van der Waals surface area contributed by atoms with Crippen molar-refractivity contribution in [3.8, 4) is 5.75 Å². The molecule has 26 heavy (non-hydrogen) atoms. The summed E-state index contributed by atoms with van der Waals surface area (Å²) in [5, 5.41) is 25.5. The number of nitro groups is 1. The zero-order valence-electron chi connectivity index (χ0n) is 13.6. The number of hydrogen-bond donors (Lipinski definition) is 1. The summed E-state index contributed by atoms with van der Waals surface area (Å²) in [6, 6.07) is 3.50. The Morgan fingerprint density at radius 3 is 2.35 bits per heavy atom. The van der Waals surface area contributed by atoms with E-state index in [1.54, 1.807) is 0 Å². The molecule has 3 fully saturated rings. The molecular weight excluding hydrogens is 338 g/mol. The summed E-state index contributed by atoms with van der Waals surface area (Å²) in [6.07, 6.45) is 7.40. The van der Waals surface area contributed by atoms with E-state index < -0.39 is 4.92 Å². The summed E-state index contributed by atoms with van der Waals surface area (Å²) in [5.41, 5.74) is -0.0101. The zero-order valence-corrected chi connectivity index (χ0v) is 13.6. The van der Waals surface area contributed by atoms with E-state index in [0.717, 1.165) is 30.1 Å². The van der Waals surface area contributed by atoms with Crippen LogP contribution in [-0.4, -0.2) is 33.1 Å². The highest BCUT2D eigenvalue weighted by Gasteiger charge is 2.73. The van der Waals surface area contributed by atoms with Crippen LogP contribution in [0.1, 0.15) is 18.4 Å². The number of fused-ring (bicyclic) bond motifs is 3. The highest BCUT2D eigenvalue weighted by molar-refractivity contribution is 6.07. The van der Waals surface area contributed by atoms with Gasteiger partial charge < -0.3 is 5.11 Å². The molecule has 132 valence electrons. The van der Waals surface area contributed by atoms with E-state index >= 15 is 0 Å². The molecule has 4 unspecified atom stereocenters. The van der Waals surface area contributed by atoms with Crippen LogP contribution >= 0.6 is 0 Å². The second-order valence-corrected chi connectivity index (χ2v) is 7.45. The van der Waals surface area contributed by atoms with E-state index in [1.165, 1.54) is 12.1 Å². The number of nitrogens with zero attached hydrogens (tertiary/aromatic N) is 3. The number of amides is 2. The van der Waals surface area contributed by atoms with E-state index in [-0.39, 0.29) is 57.9 Å². The average Bonchev–Trinajstić information content (AvgIpc) is 3.21. The number of allylic oxidation sites excluding steroid dienone is 2. The third kappa shape index (κ3) is 1.76. The van der Waals surface area contributed by atoms with Gasteiger partial charge in [-0.3, -0.25) is 19.7 Å². The van der Waals surface area contributed by atoms with Crippen molar-refractivity contribution in [3.05, 3.63) is 46.0 Å². The predicted octanol–water partition coefficient (Wildman–Crippen LogP) is 1.83. The quantitative estimate of drug-likeness (QED) is 0.293. The van der Waals surface area contributed by atoms with Crippen LogP contribution in [0.5, 0.6) is 5.75 Å². The number of benzene rings is 1. The van der Waals surface area contributed by atoms with E-state index in [0.29, 0.717) is 0 Å². The zero-order chi connectivity index (χ0) is 18.2. The molecule has 4 aliphatic rings. The summed E-state index contributed by atoms with van der Waals surface area (Å²) in [5.74, 6) is -1.32. The summed E-state index contributed by atoms with van der Waals surface area (Å²) in [4.78, 5) is 35.8. The summed E-state index contributed by atoms with van der Waals surface area (Å²) in [7, 11) is 0. The van der Waals surface area contributed by atoms with Crippen LogP contribution < -0.4 is 0 Å². The number of phenolic OH excluding ortho intramolecular Hbond substituents is 1. The van der Waals surface area contributed by atoms with Gasteiger partial charge in [0.05, 0.1) is 23.0 Å². The smallest absolute Gasteiger partial charge is 0.270 e. The molecule has 0 radical (unpaired) electrons. The van der Waals surface area contributed by atoms with Gasteiger partial charge in [-0.25, -0.2) is 0 Å². The van der Waals surface area contributed by atoms with Gasteiger partial charge in [-0.1, -0.05) is 12.2 Å². The lowest BCUT2D eigenvalue weighted by Crippen LogP contribution is -2.30. The van der Waals surface area contributed by atoms with Crippen molar-refractivity contribution in [2.24, 2.45) is 34.2 Å². The van der Waals surface area contributed by atoms with Crippen LogP contribution in [0.4, 0.5) is 5.69 Å². The van der Waals surface area contributed by atoms with Crippen LogP contribution in [0.2, 0.25) is 0 Å². The number of hydrogen-bond acceptors (Lipinski definition) is 6. The second-order valence-electron chi connectivity index (χ2n) is 7.45. The van der Waals surface area contributed by atoms with Crippen molar-refractivity contribution in [1.29, 1.82) is 0 Å². The van der Waals surface area contributed by atoms with Crippen molar-refractivity contribution in [2.45, 2.75) is 12.8 Å². The van der Waals surface area contributed by atoms with Crippen molar-refractivity contribution in [3.63, 3.8) is 0 Å². The van der Waals surface area contributed by atoms with Crippen LogP contribution in [0.25, 0.3) is 0 Å². The number of non-ortho nitro benzene ring substituents is 1. The standard InChI is InChI=1S/C18H15N3O5/c22-13-4-1-10(21(25)26)7-9(13)8-19-20-16(23)14-11-2-3-12(15(14)17(20)24)18(11)5-6-18/h1-4,7-8,11-12,14-15,22H,5-6H2/b19-8+. The molecule has 1 aliphatic heterocycles. The van der Waals surface area contributed by atoms with Gasteiger partial charge in [-0.15, -0.1) is 0 Å². The van der Waals surface area contributed by atoms with Gasteiger partial charge in [0, 0.05) is 17.7 Å². The molecule has 0 aromatic heterocycles. The third-order valence-corrected chi connectivity index (χ3v) is 6.36. The fourth-order valence-electron chi connectivity index (χ4n) is 5.06. The Labute approximate surface area is 147 Å². The van der Waals surface area contributed by atoms with Crippen LogP contribution in [0.15, 0.2) is 35.5 Å². The third-order valence-electron chi connectivity index (χ3n) is 6.36. The number of aromatic hydroxyl groups is 1. The number of hydrazone groups is 1. The minimum Gasteiger partial charge on any atom is -0.507 e. The Hall–Kier alpha value is -3.03. The maximum absolute atomic E-state index is 12.8. The lowest BCUT2D eigenvalue weighted by atomic mass is 9.85. The van der Waals surface area contributed by atoms with Gasteiger partial charge in [-0.2, -0.15) is 10.1 Å². The highest BCUT2D eigenvalue weighted by atomic mass is 16.6. The Morgan fingerprint density at radius 2 is 1.81 bits per heavy atom. The van der Waals surface area contributed by atoms with Crippen molar-refractivity contribution in [1.82, 2.24) is 5.01 Å². The van der Waals surface area contributed by atoms with E-state index in [1.807, 2.05) is 0 Å². The van der Waals surface area contributed by atoms with Crippen molar-refractivity contribution in [2.75, 3.05) is 0 Å². The number of nitro benzene ring substituents is 1. The number of carbonyl (C=O) groups excluding carboxylic acids is 2. The molecular formula is C18H15N3O5. The van der Waals surface area contributed by atoms with Crippen molar-refractivity contribution >= 4 is 23.7 Å². The minimum atomic E-state index is -0.591. The SMILES string of the molecule is O=C1C2C(C(=O)N1/N=C/c1cc([N+](=O)[O-])ccc1O)C1C=CC2C12CC2. The molecule has 1 aromatic rings. The summed E-state index contributed by atoms with van der Waals surface area (Å²) < 4.78 is 0. The monoisotopic (exact) mass is 353 g/mol. The number of phenols is 1. The Bertz CT molecular complexity index is 899. The first-order valence-electron chi connectivity index (χ1n) is 8.51. The second kappa shape index (κ2) is 4.78. The molecule has 2 amide bonds. The topological polar surface area (TPSA) is 113 Å². The van der Waals surface area contributed by atoms with Gasteiger partial charge in [0.2, 0.25) is 0 Å². The lowest BCUT2D eigenvalue weighted by molar-refractivity contribution is -0.384. The Balaban J connectivity index is 1.44. The first-order valence-corrected chi connectivity index (χ1v) is 8.51. The number of carbonyl (C=O) groups is 2. The van der Waals surface area contributed by atoms with Crippen LogP contribution in [0, 0.1) is 39.2 Å². The Kier molecular flexibility index (Phi) is 2.80. The predicted molar refractivity (Wildman–Crippen MR) is 89.0 cm³/mol. The molecule has 4 atom stereocenters. The molecule has 1 aromatic carbocycles. The van der Waals surface area contributed by atoms with Gasteiger partial charge in [0.25, 0.3) is 17.5 Å². The maximum atomic E-state index is 12.8. The van der Waals surface area contributed by atoms with E-state index in [4.69, 9.17) is 0 Å². The molecule has 1 heterocycles. The first-order chi connectivity index (χ1) is 12.4. The molecule has 8 heteroatoms. The molecule has 1 saturated heterocycles. The molecule has 8 nitrogen and oxygen atoms in total. The van der Waals surface area contributed by atoms with Gasteiger partial charge in [0.15, 0.2) is 0 Å².